The Labute approximate surface area is 130 Å². The minimum Gasteiger partial charge on any atom is -0.334 e. The highest BCUT2D eigenvalue weighted by molar-refractivity contribution is 7.81. The lowest BCUT2D eigenvalue weighted by molar-refractivity contribution is 0.245. The van der Waals surface area contributed by atoms with E-state index in [0.29, 0.717) is 0 Å². The number of urea groups is 1. The highest BCUT2D eigenvalue weighted by Gasteiger charge is 2.23. The van der Waals surface area contributed by atoms with Crippen LogP contribution in [0.25, 0.3) is 10.8 Å². The quantitative estimate of drug-likeness (QED) is 0.715. The second-order valence-corrected chi connectivity index (χ2v) is 6.25. The van der Waals surface area contributed by atoms with Gasteiger partial charge in [0.25, 0.3) is 0 Å². The molecule has 0 saturated heterocycles. The highest BCUT2D eigenvalue weighted by Crippen LogP contribution is 2.24. The summed E-state index contributed by atoms with van der Waals surface area (Å²) in [5.41, 5.74) is 0.845. The van der Waals surface area contributed by atoms with Crippen molar-refractivity contribution in [2.45, 2.75) is 37.0 Å². The van der Waals surface area contributed by atoms with E-state index < -0.39 is 0 Å². The summed E-state index contributed by atoms with van der Waals surface area (Å²) < 4.78 is 0. The van der Waals surface area contributed by atoms with E-state index in [2.05, 4.69) is 23.3 Å². The third-order valence-corrected chi connectivity index (χ3v) is 4.70. The Hall–Kier alpha value is -1.68. The van der Waals surface area contributed by atoms with Crippen LogP contribution in [0, 0.1) is 0 Å². The van der Waals surface area contributed by atoms with Gasteiger partial charge < -0.3 is 10.6 Å². The molecule has 0 aromatic heterocycles. The number of thiol groups is 1. The maximum absolute atomic E-state index is 12.2. The van der Waals surface area contributed by atoms with Crippen LogP contribution in [0.5, 0.6) is 0 Å². The molecule has 0 radical (unpaired) electrons. The molecule has 0 aliphatic heterocycles. The van der Waals surface area contributed by atoms with Crippen molar-refractivity contribution in [1.29, 1.82) is 0 Å². The molecule has 2 aromatic carbocycles. The number of fused-ring (bicyclic) bond motifs is 1. The van der Waals surface area contributed by atoms with Gasteiger partial charge >= 0.3 is 6.03 Å². The summed E-state index contributed by atoms with van der Waals surface area (Å²) in [5, 5.41) is 8.47. The van der Waals surface area contributed by atoms with Gasteiger partial charge in [0.05, 0.1) is 5.69 Å². The lowest BCUT2D eigenvalue weighted by Crippen LogP contribution is -2.44. The van der Waals surface area contributed by atoms with E-state index in [1.54, 1.807) is 0 Å². The molecule has 21 heavy (non-hydrogen) atoms. The van der Waals surface area contributed by atoms with Gasteiger partial charge in [0.2, 0.25) is 0 Å². The van der Waals surface area contributed by atoms with E-state index in [4.69, 9.17) is 0 Å². The number of hydrogen-bond donors (Lipinski definition) is 3. The normalized spacial score (nSPS) is 22.0. The van der Waals surface area contributed by atoms with Crippen LogP contribution in [0.2, 0.25) is 0 Å². The molecule has 0 heterocycles. The minimum absolute atomic E-state index is 0.141. The van der Waals surface area contributed by atoms with Crippen LogP contribution >= 0.6 is 12.6 Å². The second kappa shape index (κ2) is 6.39. The van der Waals surface area contributed by atoms with Gasteiger partial charge in [0, 0.05) is 16.7 Å². The van der Waals surface area contributed by atoms with E-state index in [9.17, 15) is 4.79 Å². The fourth-order valence-corrected chi connectivity index (χ4v) is 3.35. The fourth-order valence-electron chi connectivity index (χ4n) is 2.94. The van der Waals surface area contributed by atoms with Crippen LogP contribution in [0.15, 0.2) is 42.5 Å². The molecule has 2 amide bonds. The third-order valence-electron chi connectivity index (χ3n) is 4.08. The van der Waals surface area contributed by atoms with E-state index in [-0.39, 0.29) is 17.3 Å². The van der Waals surface area contributed by atoms with Crippen molar-refractivity contribution in [2.24, 2.45) is 0 Å². The topological polar surface area (TPSA) is 41.1 Å². The highest BCUT2D eigenvalue weighted by atomic mass is 32.1. The molecule has 1 aliphatic rings. The Morgan fingerprint density at radius 1 is 1.05 bits per heavy atom. The first-order valence-electron chi connectivity index (χ1n) is 7.47. The van der Waals surface area contributed by atoms with Crippen molar-refractivity contribution in [3.05, 3.63) is 42.5 Å². The minimum atomic E-state index is -0.141. The first-order chi connectivity index (χ1) is 10.2. The van der Waals surface area contributed by atoms with E-state index in [0.717, 1.165) is 35.7 Å². The zero-order chi connectivity index (χ0) is 14.7. The van der Waals surface area contributed by atoms with Crippen LogP contribution < -0.4 is 10.6 Å². The molecule has 0 unspecified atom stereocenters. The average molecular weight is 300 g/mol. The molecule has 1 aliphatic carbocycles. The molecule has 2 aromatic rings. The molecule has 0 bridgehead atoms. The maximum atomic E-state index is 12.2. The SMILES string of the molecule is O=C(Nc1cccc2ccccc12)N[C@H]1CCCC[C@@H]1S. The summed E-state index contributed by atoms with van der Waals surface area (Å²) in [6, 6.07) is 14.0. The van der Waals surface area contributed by atoms with Crippen LogP contribution in [-0.4, -0.2) is 17.3 Å². The predicted octanol–water partition coefficient (Wildman–Crippen LogP) is 4.20. The van der Waals surface area contributed by atoms with Crippen LogP contribution in [0.4, 0.5) is 10.5 Å². The number of carbonyl (C=O) groups is 1. The molecule has 0 spiro atoms. The second-order valence-electron chi connectivity index (χ2n) is 5.58. The molecule has 110 valence electrons. The zero-order valence-electron chi connectivity index (χ0n) is 11.9. The van der Waals surface area contributed by atoms with Crippen molar-refractivity contribution < 1.29 is 4.79 Å². The number of anilines is 1. The van der Waals surface area contributed by atoms with Crippen LogP contribution in [-0.2, 0) is 0 Å². The van der Waals surface area contributed by atoms with Gasteiger partial charge in [-0.05, 0) is 24.3 Å². The van der Waals surface area contributed by atoms with Crippen LogP contribution in [0.1, 0.15) is 25.7 Å². The van der Waals surface area contributed by atoms with Crippen molar-refractivity contribution in [3.63, 3.8) is 0 Å². The Morgan fingerprint density at radius 3 is 2.67 bits per heavy atom. The molecule has 1 saturated carbocycles. The molecule has 4 heteroatoms. The Bertz CT molecular complexity index is 638. The van der Waals surface area contributed by atoms with Crippen molar-refractivity contribution in [3.8, 4) is 0 Å². The van der Waals surface area contributed by atoms with Gasteiger partial charge in [-0.3, -0.25) is 0 Å². The van der Waals surface area contributed by atoms with Gasteiger partial charge in [-0.1, -0.05) is 49.2 Å². The summed E-state index contributed by atoms with van der Waals surface area (Å²) in [5.74, 6) is 0. The lowest BCUT2D eigenvalue weighted by atomic mass is 9.95. The van der Waals surface area contributed by atoms with Gasteiger partial charge in [0.1, 0.15) is 0 Å². The number of hydrogen-bond acceptors (Lipinski definition) is 2. The van der Waals surface area contributed by atoms with Crippen molar-refractivity contribution in [1.82, 2.24) is 5.32 Å². The summed E-state index contributed by atoms with van der Waals surface area (Å²) in [7, 11) is 0. The molecular formula is C17H20N2OS. The van der Waals surface area contributed by atoms with Crippen molar-refractivity contribution in [2.75, 3.05) is 5.32 Å². The number of carbonyl (C=O) groups excluding carboxylic acids is 1. The van der Waals surface area contributed by atoms with Gasteiger partial charge in [0.15, 0.2) is 0 Å². The summed E-state index contributed by atoms with van der Waals surface area (Å²) in [6.45, 7) is 0. The Balaban J connectivity index is 1.71. The Morgan fingerprint density at radius 2 is 1.81 bits per heavy atom. The van der Waals surface area contributed by atoms with E-state index in [1.807, 2.05) is 42.5 Å². The number of benzene rings is 2. The van der Waals surface area contributed by atoms with E-state index in [1.165, 1.54) is 6.42 Å². The monoisotopic (exact) mass is 300 g/mol. The van der Waals surface area contributed by atoms with Crippen LogP contribution in [0.3, 0.4) is 0 Å². The zero-order valence-corrected chi connectivity index (χ0v) is 12.8. The molecule has 3 rings (SSSR count). The predicted molar refractivity (Wildman–Crippen MR) is 91.1 cm³/mol. The molecule has 2 atom stereocenters. The Kier molecular flexibility index (Phi) is 4.34. The number of amides is 2. The number of rotatable bonds is 2. The average Bonchev–Trinajstić information content (AvgIpc) is 2.50. The molecule has 1 fully saturated rings. The summed E-state index contributed by atoms with van der Waals surface area (Å²) in [6.07, 6.45) is 4.45. The van der Waals surface area contributed by atoms with Gasteiger partial charge in [-0.2, -0.15) is 12.6 Å². The molecule has 2 N–H and O–H groups in total. The maximum Gasteiger partial charge on any atom is 0.319 e. The first-order valence-corrected chi connectivity index (χ1v) is 7.99. The standard InChI is InChI=1S/C17H20N2OS/c20-17(19-15-9-3-4-11-16(15)21)18-14-10-5-7-12-6-1-2-8-13(12)14/h1-2,5-8,10,15-16,21H,3-4,9,11H2,(H2,18,19,20)/t15-,16-/m0/s1. The fraction of sp³-hybridized carbons (Fsp3) is 0.353. The molecular weight excluding hydrogens is 280 g/mol. The largest absolute Gasteiger partial charge is 0.334 e. The third kappa shape index (κ3) is 3.32. The smallest absolute Gasteiger partial charge is 0.319 e. The van der Waals surface area contributed by atoms with Gasteiger partial charge in [-0.15, -0.1) is 0 Å². The van der Waals surface area contributed by atoms with Crippen molar-refractivity contribution >= 4 is 35.1 Å². The number of nitrogens with one attached hydrogen (secondary N) is 2. The molecule has 3 nitrogen and oxygen atoms in total. The van der Waals surface area contributed by atoms with Gasteiger partial charge in [-0.25, -0.2) is 4.79 Å². The summed E-state index contributed by atoms with van der Waals surface area (Å²) in [4.78, 5) is 12.2. The van der Waals surface area contributed by atoms with E-state index >= 15 is 0 Å². The summed E-state index contributed by atoms with van der Waals surface area (Å²) >= 11 is 4.57. The lowest BCUT2D eigenvalue weighted by Gasteiger charge is -2.28. The first kappa shape index (κ1) is 14.3.